The second kappa shape index (κ2) is 6.96. The number of rotatable bonds is 4. The predicted octanol–water partition coefficient (Wildman–Crippen LogP) is 0.838. The SMILES string of the molecule is CNCC1CCCN(C(=O)CN2C(=O)NC3(CCc4ccccc43)C2=O)C1. The molecule has 1 aromatic rings. The van der Waals surface area contributed by atoms with Gasteiger partial charge in [-0.2, -0.15) is 0 Å². The second-order valence-corrected chi connectivity index (χ2v) is 7.79. The highest BCUT2D eigenvalue weighted by molar-refractivity contribution is 6.09. The molecule has 0 aromatic heterocycles. The third kappa shape index (κ3) is 3.00. The third-order valence-electron chi connectivity index (χ3n) is 6.08. The van der Waals surface area contributed by atoms with Gasteiger partial charge in [0.25, 0.3) is 5.91 Å². The molecule has 2 saturated heterocycles. The molecule has 2 unspecified atom stereocenters. The number of amides is 4. The molecule has 1 aromatic carbocycles. The Balaban J connectivity index is 1.48. The van der Waals surface area contributed by atoms with Crippen LogP contribution in [0.1, 0.15) is 30.4 Å². The molecular weight excluding hydrogens is 344 g/mol. The highest BCUT2D eigenvalue weighted by atomic mass is 16.2. The molecule has 0 radical (unpaired) electrons. The molecule has 2 N–H and O–H groups in total. The maximum atomic E-state index is 13.1. The van der Waals surface area contributed by atoms with Crippen LogP contribution in [-0.4, -0.2) is 60.9 Å². The first-order valence-electron chi connectivity index (χ1n) is 9.70. The zero-order valence-electron chi connectivity index (χ0n) is 15.7. The molecule has 0 saturated carbocycles. The molecule has 2 aliphatic heterocycles. The van der Waals surface area contributed by atoms with Crippen molar-refractivity contribution in [2.24, 2.45) is 5.92 Å². The Morgan fingerprint density at radius 1 is 1.33 bits per heavy atom. The molecule has 4 amide bonds. The van der Waals surface area contributed by atoms with E-state index in [2.05, 4.69) is 10.6 Å². The van der Waals surface area contributed by atoms with Crippen LogP contribution in [0.25, 0.3) is 0 Å². The lowest BCUT2D eigenvalue weighted by Gasteiger charge is -2.33. The van der Waals surface area contributed by atoms with Crippen molar-refractivity contribution in [2.75, 3.05) is 33.2 Å². The van der Waals surface area contributed by atoms with E-state index in [0.29, 0.717) is 25.4 Å². The quantitative estimate of drug-likeness (QED) is 0.770. The van der Waals surface area contributed by atoms with Crippen molar-refractivity contribution in [3.8, 4) is 0 Å². The minimum absolute atomic E-state index is 0.150. The van der Waals surface area contributed by atoms with Gasteiger partial charge < -0.3 is 15.5 Å². The lowest BCUT2D eigenvalue weighted by atomic mass is 9.92. The summed E-state index contributed by atoms with van der Waals surface area (Å²) in [4.78, 5) is 41.4. The summed E-state index contributed by atoms with van der Waals surface area (Å²) in [7, 11) is 1.91. The summed E-state index contributed by atoms with van der Waals surface area (Å²) in [5.41, 5.74) is 0.959. The van der Waals surface area contributed by atoms with Gasteiger partial charge in [0.05, 0.1) is 0 Å². The van der Waals surface area contributed by atoms with E-state index in [-0.39, 0.29) is 18.4 Å². The van der Waals surface area contributed by atoms with Gasteiger partial charge in [-0.3, -0.25) is 14.5 Å². The Morgan fingerprint density at radius 3 is 2.96 bits per heavy atom. The number of carbonyl (C=O) groups is 3. The zero-order valence-corrected chi connectivity index (χ0v) is 15.7. The van der Waals surface area contributed by atoms with Gasteiger partial charge in [0.15, 0.2) is 0 Å². The lowest BCUT2D eigenvalue weighted by molar-refractivity contribution is -0.140. The van der Waals surface area contributed by atoms with E-state index in [1.54, 1.807) is 4.90 Å². The maximum Gasteiger partial charge on any atom is 0.325 e. The fourth-order valence-corrected chi connectivity index (χ4v) is 4.72. The Morgan fingerprint density at radius 2 is 2.15 bits per heavy atom. The number of imide groups is 1. The zero-order chi connectivity index (χ0) is 19.0. The van der Waals surface area contributed by atoms with Crippen molar-refractivity contribution in [2.45, 2.75) is 31.2 Å². The van der Waals surface area contributed by atoms with Gasteiger partial charge in [0.2, 0.25) is 5.91 Å². The largest absolute Gasteiger partial charge is 0.341 e. The summed E-state index contributed by atoms with van der Waals surface area (Å²) in [6, 6.07) is 7.26. The van der Waals surface area contributed by atoms with E-state index in [4.69, 9.17) is 0 Å². The lowest BCUT2D eigenvalue weighted by Crippen LogP contribution is -2.48. The molecule has 3 aliphatic rings. The minimum Gasteiger partial charge on any atom is -0.341 e. The smallest absolute Gasteiger partial charge is 0.325 e. The van der Waals surface area contributed by atoms with Crippen LogP contribution in [-0.2, 0) is 21.5 Å². The average molecular weight is 370 g/mol. The Hall–Kier alpha value is -2.41. The number of nitrogens with one attached hydrogen (secondary N) is 2. The van der Waals surface area contributed by atoms with E-state index in [1.807, 2.05) is 31.3 Å². The van der Waals surface area contributed by atoms with Crippen LogP contribution < -0.4 is 10.6 Å². The molecule has 2 heterocycles. The fraction of sp³-hybridized carbons (Fsp3) is 0.550. The predicted molar refractivity (Wildman–Crippen MR) is 99.9 cm³/mol. The number of nitrogens with zero attached hydrogens (tertiary/aromatic N) is 2. The van der Waals surface area contributed by atoms with Gasteiger partial charge in [-0.25, -0.2) is 4.79 Å². The van der Waals surface area contributed by atoms with Gasteiger partial charge >= 0.3 is 6.03 Å². The van der Waals surface area contributed by atoms with Crippen LogP contribution in [0.15, 0.2) is 24.3 Å². The topological polar surface area (TPSA) is 81.8 Å². The summed E-state index contributed by atoms with van der Waals surface area (Å²) >= 11 is 0. The molecule has 1 spiro atoms. The van der Waals surface area contributed by atoms with Crippen LogP contribution in [0.5, 0.6) is 0 Å². The fourth-order valence-electron chi connectivity index (χ4n) is 4.72. The molecule has 7 nitrogen and oxygen atoms in total. The van der Waals surface area contributed by atoms with E-state index in [9.17, 15) is 14.4 Å². The van der Waals surface area contributed by atoms with Crippen molar-refractivity contribution in [1.29, 1.82) is 0 Å². The molecular formula is C20H26N4O3. The van der Waals surface area contributed by atoms with E-state index in [1.165, 1.54) is 0 Å². The number of fused-ring (bicyclic) bond motifs is 2. The van der Waals surface area contributed by atoms with Crippen molar-refractivity contribution in [3.05, 3.63) is 35.4 Å². The summed E-state index contributed by atoms with van der Waals surface area (Å²) in [6.45, 7) is 2.06. The highest BCUT2D eigenvalue weighted by Gasteiger charge is 2.55. The Bertz CT molecular complexity index is 778. The van der Waals surface area contributed by atoms with E-state index >= 15 is 0 Å². The van der Waals surface area contributed by atoms with Crippen molar-refractivity contribution >= 4 is 17.8 Å². The summed E-state index contributed by atoms with van der Waals surface area (Å²) in [5, 5.41) is 6.04. The number of benzene rings is 1. The summed E-state index contributed by atoms with van der Waals surface area (Å²) in [6.07, 6.45) is 3.35. The average Bonchev–Trinajstić information content (AvgIpc) is 3.16. The van der Waals surface area contributed by atoms with Crippen molar-refractivity contribution < 1.29 is 14.4 Å². The Kier molecular flexibility index (Phi) is 4.63. The standard InChI is InChI=1S/C20H26N4O3/c1-21-11-14-5-4-10-23(12-14)17(25)13-24-18(26)20(22-19(24)27)9-8-15-6-2-3-7-16(15)20/h2-3,6-7,14,21H,4-5,8-13H2,1H3,(H,22,27). The monoisotopic (exact) mass is 370 g/mol. The van der Waals surface area contributed by atoms with Crippen LogP contribution >= 0.6 is 0 Å². The normalized spacial score (nSPS) is 27.2. The molecule has 27 heavy (non-hydrogen) atoms. The molecule has 144 valence electrons. The van der Waals surface area contributed by atoms with Crippen LogP contribution in [0.3, 0.4) is 0 Å². The van der Waals surface area contributed by atoms with Crippen LogP contribution in [0, 0.1) is 5.92 Å². The number of hydrogen-bond donors (Lipinski definition) is 2. The number of carbonyl (C=O) groups excluding carboxylic acids is 3. The number of likely N-dealkylation sites (tertiary alicyclic amines) is 1. The number of hydrogen-bond acceptors (Lipinski definition) is 4. The number of urea groups is 1. The molecule has 2 atom stereocenters. The minimum atomic E-state index is -0.996. The Labute approximate surface area is 159 Å². The molecule has 1 aliphatic carbocycles. The number of piperidine rings is 1. The third-order valence-corrected chi connectivity index (χ3v) is 6.08. The van der Waals surface area contributed by atoms with Crippen molar-refractivity contribution in [3.63, 3.8) is 0 Å². The van der Waals surface area contributed by atoms with Crippen LogP contribution in [0.2, 0.25) is 0 Å². The molecule has 2 fully saturated rings. The van der Waals surface area contributed by atoms with Gasteiger partial charge in [-0.15, -0.1) is 0 Å². The summed E-state index contributed by atoms with van der Waals surface area (Å²) < 4.78 is 0. The van der Waals surface area contributed by atoms with E-state index in [0.717, 1.165) is 41.8 Å². The first-order chi connectivity index (χ1) is 13.0. The second-order valence-electron chi connectivity index (χ2n) is 7.79. The van der Waals surface area contributed by atoms with Gasteiger partial charge in [0.1, 0.15) is 12.1 Å². The van der Waals surface area contributed by atoms with Gasteiger partial charge in [-0.1, -0.05) is 24.3 Å². The molecule has 4 rings (SSSR count). The molecule has 0 bridgehead atoms. The molecule has 7 heteroatoms. The van der Waals surface area contributed by atoms with Crippen LogP contribution in [0.4, 0.5) is 4.79 Å². The first-order valence-corrected chi connectivity index (χ1v) is 9.70. The van der Waals surface area contributed by atoms with E-state index < -0.39 is 11.6 Å². The number of aryl methyl sites for hydroxylation is 1. The summed E-state index contributed by atoms with van der Waals surface area (Å²) in [5.74, 6) is -0.0268. The van der Waals surface area contributed by atoms with Crippen molar-refractivity contribution in [1.82, 2.24) is 20.4 Å². The van der Waals surface area contributed by atoms with Gasteiger partial charge in [0, 0.05) is 13.1 Å². The maximum absolute atomic E-state index is 13.1. The van der Waals surface area contributed by atoms with Gasteiger partial charge in [-0.05, 0) is 56.3 Å². The highest BCUT2D eigenvalue weighted by Crippen LogP contribution is 2.41. The first kappa shape index (κ1) is 18.0.